The molecule has 0 aromatic heterocycles. The number of benzene rings is 1. The first-order valence-electron chi connectivity index (χ1n) is 4.90. The van der Waals surface area contributed by atoms with Crippen molar-refractivity contribution >= 4 is 0 Å². The van der Waals surface area contributed by atoms with Crippen molar-refractivity contribution in [2.75, 3.05) is 14.2 Å². The van der Waals surface area contributed by atoms with Gasteiger partial charge in [-0.1, -0.05) is 0 Å². The van der Waals surface area contributed by atoms with Crippen LogP contribution in [0.4, 0.5) is 13.2 Å². The molecule has 96 valence electrons. The van der Waals surface area contributed by atoms with Crippen LogP contribution in [-0.2, 0) is 6.18 Å². The van der Waals surface area contributed by atoms with Crippen LogP contribution in [0.15, 0.2) is 12.1 Å². The van der Waals surface area contributed by atoms with E-state index in [1.165, 1.54) is 14.2 Å². The highest BCUT2D eigenvalue weighted by molar-refractivity contribution is 5.50. The summed E-state index contributed by atoms with van der Waals surface area (Å²) in [6, 6.07) is 1.35. The van der Waals surface area contributed by atoms with Crippen LogP contribution in [0.1, 0.15) is 24.1 Å². The molecular weight excluding hydrogens is 235 g/mol. The summed E-state index contributed by atoms with van der Waals surface area (Å²) in [4.78, 5) is 0. The van der Waals surface area contributed by atoms with Crippen LogP contribution in [0.2, 0.25) is 0 Å². The van der Waals surface area contributed by atoms with E-state index in [2.05, 4.69) is 0 Å². The molecule has 2 N–H and O–H groups in total. The van der Waals surface area contributed by atoms with Crippen LogP contribution in [0.25, 0.3) is 0 Å². The maximum atomic E-state index is 12.6. The van der Waals surface area contributed by atoms with Crippen LogP contribution in [0.3, 0.4) is 0 Å². The van der Waals surface area contributed by atoms with Gasteiger partial charge in [0.25, 0.3) is 0 Å². The molecule has 0 aliphatic carbocycles. The Morgan fingerprint density at radius 2 is 1.53 bits per heavy atom. The minimum Gasteiger partial charge on any atom is -0.496 e. The van der Waals surface area contributed by atoms with E-state index in [0.29, 0.717) is 5.56 Å². The maximum absolute atomic E-state index is 12.6. The van der Waals surface area contributed by atoms with Gasteiger partial charge in [-0.25, -0.2) is 0 Å². The Bertz CT molecular complexity index is 377. The molecule has 0 radical (unpaired) electrons. The Morgan fingerprint density at radius 1 is 1.12 bits per heavy atom. The average Bonchev–Trinajstić information content (AvgIpc) is 2.25. The molecule has 6 heteroatoms. The summed E-state index contributed by atoms with van der Waals surface area (Å²) >= 11 is 0. The van der Waals surface area contributed by atoms with Gasteiger partial charge in [-0.3, -0.25) is 0 Å². The summed E-state index contributed by atoms with van der Waals surface area (Å²) in [7, 11) is 2.58. The van der Waals surface area contributed by atoms with Gasteiger partial charge in [-0.15, -0.1) is 0 Å². The van der Waals surface area contributed by atoms with E-state index < -0.39 is 17.8 Å². The lowest BCUT2D eigenvalue weighted by Gasteiger charge is -2.18. The molecule has 1 atom stereocenters. The normalized spacial score (nSPS) is 13.4. The highest BCUT2D eigenvalue weighted by Crippen LogP contribution is 2.40. The Kier molecular flexibility index (Phi) is 3.87. The molecule has 1 aromatic rings. The second-order valence-corrected chi connectivity index (χ2v) is 3.58. The molecule has 0 fully saturated rings. The van der Waals surface area contributed by atoms with Crippen LogP contribution in [-0.4, -0.2) is 14.2 Å². The van der Waals surface area contributed by atoms with E-state index in [1.807, 2.05) is 0 Å². The van der Waals surface area contributed by atoms with E-state index in [4.69, 9.17) is 15.2 Å². The number of methoxy groups -OCH3 is 2. The highest BCUT2D eigenvalue weighted by atomic mass is 19.4. The number of rotatable bonds is 3. The Labute approximate surface area is 97.3 Å². The fourth-order valence-electron chi connectivity index (χ4n) is 1.55. The van der Waals surface area contributed by atoms with Crippen molar-refractivity contribution in [1.29, 1.82) is 0 Å². The maximum Gasteiger partial charge on any atom is 0.416 e. The molecule has 1 unspecified atom stereocenters. The molecule has 1 aromatic carbocycles. The molecule has 0 aliphatic rings. The third-order valence-electron chi connectivity index (χ3n) is 2.33. The first-order chi connectivity index (χ1) is 7.81. The van der Waals surface area contributed by atoms with Crippen molar-refractivity contribution in [3.63, 3.8) is 0 Å². The smallest absolute Gasteiger partial charge is 0.416 e. The van der Waals surface area contributed by atoms with E-state index in [0.717, 1.165) is 12.1 Å². The van der Waals surface area contributed by atoms with Crippen molar-refractivity contribution in [2.45, 2.75) is 19.1 Å². The summed E-state index contributed by atoms with van der Waals surface area (Å²) in [6.45, 7) is 1.65. The molecule has 0 saturated carbocycles. The van der Waals surface area contributed by atoms with E-state index in [1.54, 1.807) is 6.92 Å². The number of hydrogen-bond donors (Lipinski definition) is 1. The van der Waals surface area contributed by atoms with Crippen molar-refractivity contribution < 1.29 is 22.6 Å². The lowest BCUT2D eigenvalue weighted by molar-refractivity contribution is -0.137. The first-order valence-corrected chi connectivity index (χ1v) is 4.90. The lowest BCUT2D eigenvalue weighted by Crippen LogP contribution is -2.12. The summed E-state index contributed by atoms with van der Waals surface area (Å²) in [5, 5.41) is 0. The zero-order chi connectivity index (χ0) is 13.2. The average molecular weight is 249 g/mol. The minimum atomic E-state index is -4.45. The van der Waals surface area contributed by atoms with Gasteiger partial charge in [0.15, 0.2) is 0 Å². The monoisotopic (exact) mass is 249 g/mol. The van der Waals surface area contributed by atoms with Gasteiger partial charge in [-0.05, 0) is 19.1 Å². The Balaban J connectivity index is 3.45. The number of nitrogens with two attached hydrogens (primary N) is 1. The minimum absolute atomic E-state index is 0.0756. The van der Waals surface area contributed by atoms with Gasteiger partial charge in [-0.2, -0.15) is 13.2 Å². The van der Waals surface area contributed by atoms with Crippen LogP contribution in [0, 0.1) is 0 Å². The van der Waals surface area contributed by atoms with Crippen LogP contribution in [0.5, 0.6) is 11.5 Å². The molecule has 0 bridgehead atoms. The SMILES string of the molecule is COc1cc(C(F)(F)F)cc(OC)c1C(C)N. The van der Waals surface area contributed by atoms with E-state index in [9.17, 15) is 13.2 Å². The van der Waals surface area contributed by atoms with Crippen molar-refractivity contribution in [3.8, 4) is 11.5 Å². The number of ether oxygens (including phenoxy) is 2. The fraction of sp³-hybridized carbons (Fsp3) is 0.455. The predicted octanol–water partition coefficient (Wildman–Crippen LogP) is 2.74. The Hall–Kier alpha value is -1.43. The molecule has 3 nitrogen and oxygen atoms in total. The predicted molar refractivity (Wildman–Crippen MR) is 57.2 cm³/mol. The zero-order valence-corrected chi connectivity index (χ0v) is 9.76. The number of halogens is 3. The van der Waals surface area contributed by atoms with E-state index in [-0.39, 0.29) is 11.5 Å². The largest absolute Gasteiger partial charge is 0.496 e. The third-order valence-corrected chi connectivity index (χ3v) is 2.33. The standard InChI is InChI=1S/C11H14F3NO2/c1-6(15)10-8(16-2)4-7(11(12,13)14)5-9(10)17-3/h4-6H,15H2,1-3H3. The Morgan fingerprint density at radius 3 is 1.76 bits per heavy atom. The second-order valence-electron chi connectivity index (χ2n) is 3.58. The zero-order valence-electron chi connectivity index (χ0n) is 9.76. The van der Waals surface area contributed by atoms with Crippen LogP contribution < -0.4 is 15.2 Å². The van der Waals surface area contributed by atoms with Gasteiger partial charge in [0, 0.05) is 6.04 Å². The number of hydrogen-bond acceptors (Lipinski definition) is 3. The van der Waals surface area contributed by atoms with Gasteiger partial charge < -0.3 is 15.2 Å². The molecule has 0 saturated heterocycles. The molecule has 1 rings (SSSR count). The first kappa shape index (κ1) is 13.6. The van der Waals surface area contributed by atoms with Crippen LogP contribution >= 0.6 is 0 Å². The number of alkyl halides is 3. The molecule has 0 aliphatic heterocycles. The van der Waals surface area contributed by atoms with E-state index >= 15 is 0 Å². The second kappa shape index (κ2) is 4.83. The molecule has 0 spiro atoms. The van der Waals surface area contributed by atoms with Gasteiger partial charge in [0.05, 0.1) is 25.3 Å². The molecular formula is C11H14F3NO2. The summed E-state index contributed by atoms with van der Waals surface area (Å²) in [5.41, 5.74) is 5.28. The van der Waals surface area contributed by atoms with Crippen molar-refractivity contribution in [1.82, 2.24) is 0 Å². The molecule has 0 amide bonds. The summed E-state index contributed by atoms with van der Waals surface area (Å²) < 4.78 is 47.7. The molecule has 17 heavy (non-hydrogen) atoms. The fourth-order valence-corrected chi connectivity index (χ4v) is 1.55. The summed E-state index contributed by atoms with van der Waals surface area (Å²) in [6.07, 6.45) is -4.45. The van der Waals surface area contributed by atoms with Gasteiger partial charge in [0.2, 0.25) is 0 Å². The molecule has 0 heterocycles. The topological polar surface area (TPSA) is 44.5 Å². The van der Waals surface area contributed by atoms with Crippen molar-refractivity contribution in [2.24, 2.45) is 5.73 Å². The van der Waals surface area contributed by atoms with Crippen molar-refractivity contribution in [3.05, 3.63) is 23.3 Å². The summed E-state index contributed by atoms with van der Waals surface area (Å²) in [5.74, 6) is 0.151. The highest BCUT2D eigenvalue weighted by Gasteiger charge is 2.33. The van der Waals surface area contributed by atoms with Gasteiger partial charge in [0.1, 0.15) is 11.5 Å². The third kappa shape index (κ3) is 2.82. The quantitative estimate of drug-likeness (QED) is 0.895. The van der Waals surface area contributed by atoms with Gasteiger partial charge >= 0.3 is 6.18 Å². The lowest BCUT2D eigenvalue weighted by atomic mass is 10.0.